The van der Waals surface area contributed by atoms with E-state index in [1.807, 2.05) is 40.7 Å². The van der Waals surface area contributed by atoms with E-state index in [1.165, 1.54) is 24.4 Å². The fraction of sp³-hybridized carbons (Fsp3) is 0.125. The molecule has 0 radical (unpaired) electrons. The predicted octanol–water partition coefficient (Wildman–Crippen LogP) is 6.11. The van der Waals surface area contributed by atoms with E-state index in [1.54, 1.807) is 37.3 Å². The van der Waals surface area contributed by atoms with Gasteiger partial charge >= 0.3 is 0 Å². The Hall–Kier alpha value is -5.08. The third-order valence-corrected chi connectivity index (χ3v) is 10.6. The van der Waals surface area contributed by atoms with Gasteiger partial charge in [-0.25, -0.2) is 34.6 Å². The van der Waals surface area contributed by atoms with Crippen molar-refractivity contribution in [1.29, 1.82) is 0 Å². The van der Waals surface area contributed by atoms with Gasteiger partial charge < -0.3 is 9.88 Å². The van der Waals surface area contributed by atoms with Crippen molar-refractivity contribution >= 4 is 59.3 Å². The molecule has 0 fully saturated rings. The van der Waals surface area contributed by atoms with Crippen LogP contribution < -0.4 is 10.0 Å². The van der Waals surface area contributed by atoms with Crippen molar-refractivity contribution in [2.24, 2.45) is 7.05 Å². The Bertz CT molecular complexity index is 2370. The van der Waals surface area contributed by atoms with Crippen LogP contribution in [0.5, 0.6) is 0 Å². The van der Waals surface area contributed by atoms with Crippen LogP contribution >= 0.6 is 0 Å². The van der Waals surface area contributed by atoms with Gasteiger partial charge in [0.25, 0.3) is 15.9 Å². The third-order valence-electron chi connectivity index (χ3n) is 7.38. The summed E-state index contributed by atoms with van der Waals surface area (Å²) in [6.45, 7) is 1.63. The van der Waals surface area contributed by atoms with Crippen LogP contribution in [0.1, 0.15) is 23.7 Å². The molecule has 0 atom stereocenters. The van der Waals surface area contributed by atoms with E-state index in [4.69, 9.17) is 0 Å². The van der Waals surface area contributed by atoms with E-state index in [2.05, 4.69) is 10.3 Å². The minimum absolute atomic E-state index is 0.0209. The van der Waals surface area contributed by atoms with Crippen LogP contribution in [-0.2, 0) is 27.1 Å². The summed E-state index contributed by atoms with van der Waals surface area (Å²) in [4.78, 5) is 17.5. The Balaban J connectivity index is 1.43. The van der Waals surface area contributed by atoms with E-state index in [0.29, 0.717) is 16.6 Å². The van der Waals surface area contributed by atoms with E-state index >= 15 is 4.39 Å². The lowest BCUT2D eigenvalue weighted by molar-refractivity contribution is 0.101. The van der Waals surface area contributed by atoms with Gasteiger partial charge in [0.2, 0.25) is 10.0 Å². The molecule has 10 nitrogen and oxygen atoms in total. The number of amides is 1. The molecule has 6 aromatic rings. The second-order valence-electron chi connectivity index (χ2n) is 10.6. The zero-order chi connectivity index (χ0) is 32.8. The number of rotatable bonds is 9. The molecule has 0 aliphatic carbocycles. The summed E-state index contributed by atoms with van der Waals surface area (Å²) in [5.41, 5.74) is 0.358. The summed E-state index contributed by atoms with van der Waals surface area (Å²) in [7, 11) is -6.18. The molecule has 236 valence electrons. The Kier molecular flexibility index (Phi) is 7.86. The highest BCUT2D eigenvalue weighted by atomic mass is 32.2. The molecule has 46 heavy (non-hydrogen) atoms. The monoisotopic (exact) mass is 663 g/mol. The molecule has 3 aromatic heterocycles. The van der Waals surface area contributed by atoms with Crippen LogP contribution in [0.15, 0.2) is 96.2 Å². The van der Waals surface area contributed by atoms with Gasteiger partial charge in [-0.3, -0.25) is 9.52 Å². The number of halogens is 2. The molecule has 14 heteroatoms. The fourth-order valence-corrected chi connectivity index (χ4v) is 7.88. The van der Waals surface area contributed by atoms with Gasteiger partial charge in [-0.1, -0.05) is 31.2 Å². The average molecular weight is 664 g/mol. The molecule has 0 unspecified atom stereocenters. The van der Waals surface area contributed by atoms with Crippen LogP contribution in [0.25, 0.3) is 33.2 Å². The predicted molar refractivity (Wildman–Crippen MR) is 173 cm³/mol. The van der Waals surface area contributed by atoms with E-state index in [0.717, 1.165) is 27.0 Å². The largest absolute Gasteiger partial charge is 0.351 e. The minimum Gasteiger partial charge on any atom is -0.351 e. The molecule has 3 heterocycles. The number of aryl methyl sites for hydroxylation is 1. The summed E-state index contributed by atoms with van der Waals surface area (Å²) in [5, 5.41) is 3.60. The maximum absolute atomic E-state index is 15.2. The second kappa shape index (κ2) is 11.7. The van der Waals surface area contributed by atoms with Crippen LogP contribution in [0, 0.1) is 11.6 Å². The van der Waals surface area contributed by atoms with Crippen molar-refractivity contribution in [2.75, 3.05) is 15.8 Å². The average Bonchev–Trinajstić information content (AvgIpc) is 3.59. The molecule has 0 saturated heterocycles. The van der Waals surface area contributed by atoms with Gasteiger partial charge in [0.05, 0.1) is 33.9 Å². The number of aromatic nitrogens is 3. The van der Waals surface area contributed by atoms with E-state index in [-0.39, 0.29) is 28.4 Å². The minimum atomic E-state index is -4.16. The first-order valence-corrected chi connectivity index (χ1v) is 17.2. The number of sulfonamides is 1. The SMILES string of the molecule is CCCS(=O)(=O)Nc1ccc(F)c(C(=O)Nc2cnc3c(c2)cc(-c2ccc4c(ccn4C)c2)n3S(=O)(=O)c2ccccc2)c1F. The number of carbonyl (C=O) groups excluding carboxylic acids is 1. The van der Waals surface area contributed by atoms with Gasteiger partial charge in [-0.15, -0.1) is 0 Å². The lowest BCUT2D eigenvalue weighted by Crippen LogP contribution is -2.20. The molecule has 0 aliphatic rings. The smallest absolute Gasteiger partial charge is 0.269 e. The van der Waals surface area contributed by atoms with Gasteiger partial charge in [0.15, 0.2) is 11.5 Å². The van der Waals surface area contributed by atoms with Gasteiger partial charge in [0.1, 0.15) is 11.4 Å². The summed E-state index contributed by atoms with van der Waals surface area (Å²) in [5.74, 6) is -4.08. The number of anilines is 2. The first-order valence-electron chi connectivity index (χ1n) is 14.1. The summed E-state index contributed by atoms with van der Waals surface area (Å²) < 4.78 is 87.3. The van der Waals surface area contributed by atoms with Crippen molar-refractivity contribution < 1.29 is 30.4 Å². The van der Waals surface area contributed by atoms with Crippen molar-refractivity contribution in [1.82, 2.24) is 13.5 Å². The Morgan fingerprint density at radius 2 is 1.67 bits per heavy atom. The zero-order valence-electron chi connectivity index (χ0n) is 24.5. The number of hydrogen-bond donors (Lipinski definition) is 2. The Morgan fingerprint density at radius 3 is 2.41 bits per heavy atom. The molecule has 6 rings (SSSR count). The lowest BCUT2D eigenvalue weighted by Gasteiger charge is -2.13. The number of nitrogens with one attached hydrogen (secondary N) is 2. The van der Waals surface area contributed by atoms with Gasteiger partial charge in [-0.05, 0) is 61.0 Å². The highest BCUT2D eigenvalue weighted by Gasteiger charge is 2.27. The molecular formula is C32H27F2N5O5S2. The van der Waals surface area contributed by atoms with Crippen molar-refractivity contribution in [3.05, 3.63) is 108 Å². The molecule has 0 aliphatic heterocycles. The zero-order valence-corrected chi connectivity index (χ0v) is 26.2. The summed E-state index contributed by atoms with van der Waals surface area (Å²) in [6, 6.07) is 20.0. The number of hydrogen-bond acceptors (Lipinski definition) is 6. The molecule has 2 N–H and O–H groups in total. The first kappa shape index (κ1) is 30.9. The number of carbonyl (C=O) groups is 1. The van der Waals surface area contributed by atoms with Crippen LogP contribution in [0.2, 0.25) is 0 Å². The molecular weight excluding hydrogens is 637 g/mol. The third kappa shape index (κ3) is 5.61. The topological polar surface area (TPSA) is 132 Å². The summed E-state index contributed by atoms with van der Waals surface area (Å²) in [6.07, 6.45) is 3.33. The Morgan fingerprint density at radius 1 is 0.913 bits per heavy atom. The highest BCUT2D eigenvalue weighted by molar-refractivity contribution is 7.92. The second-order valence-corrected chi connectivity index (χ2v) is 14.2. The fourth-order valence-electron chi connectivity index (χ4n) is 5.24. The lowest BCUT2D eigenvalue weighted by atomic mass is 10.1. The standard InChI is InChI=1S/C32H27F2N5O5S2/c1-3-15-45(41,42)37-26-11-10-25(33)29(30(26)34)32(40)36-23-17-22-18-28(20-9-12-27-21(16-20)13-14-38(27)2)39(31(22)35-19-23)46(43,44)24-7-5-4-6-8-24/h4-14,16-19,37H,3,15H2,1-2H3,(H,36,40). The normalized spacial score (nSPS) is 12.1. The number of fused-ring (bicyclic) bond motifs is 2. The van der Waals surface area contributed by atoms with Crippen molar-refractivity contribution in [3.63, 3.8) is 0 Å². The van der Waals surface area contributed by atoms with E-state index in [9.17, 15) is 26.0 Å². The van der Waals surface area contributed by atoms with Crippen LogP contribution in [0.3, 0.4) is 0 Å². The molecule has 3 aromatic carbocycles. The molecule has 0 spiro atoms. The van der Waals surface area contributed by atoms with Crippen LogP contribution in [-0.4, -0.2) is 42.0 Å². The van der Waals surface area contributed by atoms with Crippen LogP contribution in [0.4, 0.5) is 20.2 Å². The van der Waals surface area contributed by atoms with E-state index < -0.39 is 48.8 Å². The number of benzene rings is 3. The highest BCUT2D eigenvalue weighted by Crippen LogP contribution is 2.34. The number of nitrogens with zero attached hydrogens (tertiary/aromatic N) is 3. The molecule has 0 bridgehead atoms. The van der Waals surface area contributed by atoms with Gasteiger partial charge in [-0.2, -0.15) is 0 Å². The molecule has 0 saturated carbocycles. The maximum atomic E-state index is 15.2. The van der Waals surface area contributed by atoms with Crippen molar-refractivity contribution in [2.45, 2.75) is 18.2 Å². The quantitative estimate of drug-likeness (QED) is 0.192. The summed E-state index contributed by atoms with van der Waals surface area (Å²) >= 11 is 0. The van der Waals surface area contributed by atoms with Crippen molar-refractivity contribution in [3.8, 4) is 11.3 Å². The maximum Gasteiger partial charge on any atom is 0.269 e. The first-order chi connectivity index (χ1) is 21.9. The molecule has 1 amide bonds. The Labute approximate surface area is 263 Å². The van der Waals surface area contributed by atoms with Gasteiger partial charge in [0, 0.05) is 35.1 Å². The number of pyridine rings is 1.